The number of aliphatic hydroxyl groups is 2. The second-order valence-electron chi connectivity index (χ2n) is 4.28. The summed E-state index contributed by atoms with van der Waals surface area (Å²) in [4.78, 5) is 0. The monoisotopic (exact) mass is 239 g/mol. The van der Waals surface area contributed by atoms with Gasteiger partial charge in [-0.25, -0.2) is 0 Å². The number of nitrogens with two attached hydrogens (primary N) is 1. The summed E-state index contributed by atoms with van der Waals surface area (Å²) >= 11 is 0. The molecule has 0 spiro atoms. The Morgan fingerprint density at radius 1 is 1.35 bits per heavy atom. The van der Waals surface area contributed by atoms with Crippen molar-refractivity contribution in [3.63, 3.8) is 0 Å². The fraction of sp³-hybridized carbons (Fsp3) is 0.538. The minimum absolute atomic E-state index is 0.102. The van der Waals surface area contributed by atoms with E-state index in [4.69, 9.17) is 10.8 Å². The number of hydrogen-bond donors (Lipinski definition) is 4. The van der Waals surface area contributed by atoms with E-state index in [2.05, 4.69) is 0 Å². The van der Waals surface area contributed by atoms with E-state index >= 15 is 0 Å². The van der Waals surface area contributed by atoms with Crippen LogP contribution in [0, 0.1) is 0 Å². The number of benzene rings is 1. The van der Waals surface area contributed by atoms with Gasteiger partial charge in [-0.15, -0.1) is 0 Å². The topological polar surface area (TPSA) is 86.7 Å². The third-order valence-corrected chi connectivity index (χ3v) is 3.07. The first-order valence-corrected chi connectivity index (χ1v) is 5.93. The maximum Gasteiger partial charge on any atom is 0.121 e. The Morgan fingerprint density at radius 3 is 2.59 bits per heavy atom. The van der Waals surface area contributed by atoms with Crippen molar-refractivity contribution >= 4 is 0 Å². The molecular formula is C13H21NO3. The molecule has 0 fully saturated rings. The molecule has 0 aromatic heterocycles. The Bertz CT molecular complexity index is 355. The van der Waals surface area contributed by atoms with Gasteiger partial charge in [-0.05, 0) is 36.5 Å². The van der Waals surface area contributed by atoms with Gasteiger partial charge in [-0.2, -0.15) is 0 Å². The molecule has 1 rings (SSSR count). The summed E-state index contributed by atoms with van der Waals surface area (Å²) in [5, 5.41) is 28.2. The number of phenols is 1. The van der Waals surface area contributed by atoms with Crippen molar-refractivity contribution in [3.8, 4) is 5.75 Å². The highest BCUT2D eigenvalue weighted by Gasteiger charge is 2.15. The van der Waals surface area contributed by atoms with Gasteiger partial charge in [0, 0.05) is 12.1 Å². The predicted molar refractivity (Wildman–Crippen MR) is 66.7 cm³/mol. The number of rotatable bonds is 6. The van der Waals surface area contributed by atoms with Crippen LogP contribution in [0.2, 0.25) is 0 Å². The molecule has 4 nitrogen and oxygen atoms in total. The maximum atomic E-state index is 9.58. The zero-order valence-electron chi connectivity index (χ0n) is 10.1. The summed E-state index contributed by atoms with van der Waals surface area (Å²) in [5.41, 5.74) is 6.94. The van der Waals surface area contributed by atoms with Crippen molar-refractivity contribution in [2.75, 3.05) is 6.54 Å². The second-order valence-corrected chi connectivity index (χ2v) is 4.28. The van der Waals surface area contributed by atoms with Gasteiger partial charge in [0.05, 0.1) is 12.7 Å². The van der Waals surface area contributed by atoms with Crippen LogP contribution in [-0.2, 0) is 6.61 Å². The zero-order chi connectivity index (χ0) is 12.8. The van der Waals surface area contributed by atoms with Gasteiger partial charge >= 0.3 is 0 Å². The molecule has 96 valence electrons. The molecule has 0 saturated heterocycles. The van der Waals surface area contributed by atoms with Gasteiger partial charge in [0.25, 0.3) is 0 Å². The first kappa shape index (κ1) is 14.0. The molecule has 5 N–H and O–H groups in total. The summed E-state index contributed by atoms with van der Waals surface area (Å²) in [6.45, 7) is 2.11. The van der Waals surface area contributed by atoms with Gasteiger partial charge in [-0.1, -0.05) is 13.0 Å². The molecule has 0 amide bonds. The fourth-order valence-corrected chi connectivity index (χ4v) is 1.95. The van der Waals surface area contributed by atoms with Crippen molar-refractivity contribution in [1.82, 2.24) is 0 Å². The predicted octanol–water partition coefficient (Wildman–Crippen LogP) is 1.09. The first-order valence-electron chi connectivity index (χ1n) is 5.93. The van der Waals surface area contributed by atoms with Crippen LogP contribution < -0.4 is 5.73 Å². The summed E-state index contributed by atoms with van der Waals surface area (Å²) in [6.07, 6.45) is 0.973. The van der Waals surface area contributed by atoms with Gasteiger partial charge in [0.15, 0.2) is 0 Å². The van der Waals surface area contributed by atoms with Gasteiger partial charge in [0.1, 0.15) is 5.75 Å². The molecular weight excluding hydrogens is 218 g/mol. The second kappa shape index (κ2) is 6.59. The van der Waals surface area contributed by atoms with Crippen LogP contribution in [0.15, 0.2) is 18.2 Å². The minimum Gasteiger partial charge on any atom is -0.508 e. The summed E-state index contributed by atoms with van der Waals surface area (Å²) in [6, 6.07) is 5.19. The molecule has 17 heavy (non-hydrogen) atoms. The van der Waals surface area contributed by atoms with E-state index in [1.807, 2.05) is 13.0 Å². The zero-order valence-corrected chi connectivity index (χ0v) is 10.1. The summed E-state index contributed by atoms with van der Waals surface area (Å²) in [5.74, 6) is 0.296. The van der Waals surface area contributed by atoms with Crippen LogP contribution in [0.3, 0.4) is 0 Å². The van der Waals surface area contributed by atoms with Crippen LogP contribution in [-0.4, -0.2) is 28.0 Å². The van der Waals surface area contributed by atoms with Crippen molar-refractivity contribution < 1.29 is 15.3 Å². The quantitative estimate of drug-likeness (QED) is 0.598. The lowest BCUT2D eigenvalue weighted by Crippen LogP contribution is -2.22. The van der Waals surface area contributed by atoms with Crippen LogP contribution in [0.25, 0.3) is 0 Å². The standard InChI is InChI=1S/C13H21NO3/c1-2-9(6-12(16)7-14)10-3-4-13(17)11(5-10)8-15/h3-5,9,12,15-17H,2,6-8,14H2,1H3. The van der Waals surface area contributed by atoms with E-state index in [1.165, 1.54) is 0 Å². The Morgan fingerprint density at radius 2 is 2.06 bits per heavy atom. The number of aliphatic hydroxyl groups excluding tert-OH is 2. The molecule has 0 aliphatic carbocycles. The Balaban J connectivity index is 2.88. The van der Waals surface area contributed by atoms with Crippen molar-refractivity contribution in [2.24, 2.45) is 5.73 Å². The average Bonchev–Trinajstić information content (AvgIpc) is 2.36. The molecule has 2 atom stereocenters. The van der Waals surface area contributed by atoms with Gasteiger partial charge in [0.2, 0.25) is 0 Å². The Hall–Kier alpha value is -1.10. The summed E-state index contributed by atoms with van der Waals surface area (Å²) < 4.78 is 0. The lowest BCUT2D eigenvalue weighted by atomic mass is 9.89. The van der Waals surface area contributed by atoms with Crippen LogP contribution >= 0.6 is 0 Å². The van der Waals surface area contributed by atoms with E-state index in [0.29, 0.717) is 12.0 Å². The maximum absolute atomic E-state index is 9.58. The fourth-order valence-electron chi connectivity index (χ4n) is 1.95. The van der Waals surface area contributed by atoms with Gasteiger partial charge < -0.3 is 21.1 Å². The largest absolute Gasteiger partial charge is 0.508 e. The van der Waals surface area contributed by atoms with E-state index in [-0.39, 0.29) is 24.8 Å². The molecule has 0 heterocycles. The lowest BCUT2D eigenvalue weighted by Gasteiger charge is -2.19. The molecule has 0 radical (unpaired) electrons. The minimum atomic E-state index is -0.508. The normalized spacial score (nSPS) is 14.6. The molecule has 0 aliphatic heterocycles. The SMILES string of the molecule is CCC(CC(O)CN)c1ccc(O)c(CO)c1. The lowest BCUT2D eigenvalue weighted by molar-refractivity contribution is 0.162. The first-order chi connectivity index (χ1) is 8.12. The third kappa shape index (κ3) is 3.70. The highest BCUT2D eigenvalue weighted by Crippen LogP contribution is 2.28. The Kier molecular flexibility index (Phi) is 5.41. The molecule has 2 unspecified atom stereocenters. The van der Waals surface area contributed by atoms with E-state index < -0.39 is 6.10 Å². The molecule has 4 heteroatoms. The third-order valence-electron chi connectivity index (χ3n) is 3.07. The van der Waals surface area contributed by atoms with Crippen molar-refractivity contribution in [1.29, 1.82) is 0 Å². The number of hydrogen-bond acceptors (Lipinski definition) is 4. The van der Waals surface area contributed by atoms with Crippen molar-refractivity contribution in [3.05, 3.63) is 29.3 Å². The Labute approximate surface area is 102 Å². The molecule has 1 aromatic rings. The molecule has 1 aromatic carbocycles. The van der Waals surface area contributed by atoms with Crippen LogP contribution in [0.4, 0.5) is 0 Å². The number of aromatic hydroxyl groups is 1. The van der Waals surface area contributed by atoms with E-state index in [1.54, 1.807) is 12.1 Å². The smallest absolute Gasteiger partial charge is 0.121 e. The summed E-state index contributed by atoms with van der Waals surface area (Å²) in [7, 11) is 0. The van der Waals surface area contributed by atoms with Gasteiger partial charge in [-0.3, -0.25) is 0 Å². The van der Waals surface area contributed by atoms with Crippen LogP contribution in [0.5, 0.6) is 5.75 Å². The van der Waals surface area contributed by atoms with E-state index in [9.17, 15) is 10.2 Å². The highest BCUT2D eigenvalue weighted by atomic mass is 16.3. The molecule has 0 saturated carbocycles. The van der Waals surface area contributed by atoms with E-state index in [0.717, 1.165) is 12.0 Å². The molecule has 0 bridgehead atoms. The van der Waals surface area contributed by atoms with Crippen LogP contribution in [0.1, 0.15) is 36.8 Å². The highest BCUT2D eigenvalue weighted by molar-refractivity contribution is 5.37. The molecule has 0 aliphatic rings. The van der Waals surface area contributed by atoms with Crippen molar-refractivity contribution in [2.45, 2.75) is 38.4 Å². The average molecular weight is 239 g/mol.